The Labute approximate surface area is 315 Å². The van der Waals surface area contributed by atoms with E-state index in [1.807, 2.05) is 67.6 Å². The number of ether oxygens (including phenoxy) is 4. The maximum atomic E-state index is 13.0. The monoisotopic (exact) mass is 721 g/mol. The third-order valence-electron chi connectivity index (χ3n) is 9.71. The number of anilines is 1. The molecule has 0 aliphatic rings. The Hall–Kier alpha value is -5.02. The second-order valence-corrected chi connectivity index (χ2v) is 13.3. The number of carbonyl (C=O) groups is 2. The normalized spacial score (nSPS) is 13.6. The van der Waals surface area contributed by atoms with Crippen LogP contribution in [0.4, 0.5) is 17.1 Å². The van der Waals surface area contributed by atoms with Gasteiger partial charge >= 0.3 is 11.9 Å². The molecule has 0 saturated carbocycles. The largest absolute Gasteiger partial charge is 0.483 e. The van der Waals surface area contributed by atoms with Crippen molar-refractivity contribution in [2.24, 2.45) is 10.2 Å². The minimum absolute atomic E-state index is 0.184. The number of hydrogen-bond acceptors (Lipinski definition) is 9. The quantitative estimate of drug-likeness (QED) is 0.0388. The number of rotatable bonds is 20. The van der Waals surface area contributed by atoms with Crippen molar-refractivity contribution in [1.82, 2.24) is 0 Å². The van der Waals surface area contributed by atoms with Gasteiger partial charge in [0.2, 0.25) is 0 Å². The molecule has 0 bridgehead atoms. The van der Waals surface area contributed by atoms with Crippen LogP contribution in [-0.2, 0) is 25.5 Å². The van der Waals surface area contributed by atoms with Gasteiger partial charge in [0.1, 0.15) is 17.1 Å². The molecule has 0 amide bonds. The van der Waals surface area contributed by atoms with Gasteiger partial charge in [-0.3, -0.25) is 4.79 Å². The van der Waals surface area contributed by atoms with E-state index in [1.54, 1.807) is 31.2 Å². The standard InChI is InChI=1S/C44H55N3O6/c1-8-41(48)50-31-13-14-32-51-43(6,9-2)34-17-15-33(16-18-34)42(49)52-39-27-29-40(30-28-39)53-44(7,10-3)35-19-21-36(22-20-35)45-46-37-23-25-38(26-24-37)47(11-4)12-5/h15-30H,8-14,31-32H2,1-7H3. The summed E-state index contributed by atoms with van der Waals surface area (Å²) in [5, 5.41) is 8.86. The Balaban J connectivity index is 1.30. The predicted molar refractivity (Wildman–Crippen MR) is 211 cm³/mol. The first-order valence-electron chi connectivity index (χ1n) is 18.8. The molecule has 0 N–H and O–H groups in total. The minimum Gasteiger partial charge on any atom is -0.483 e. The van der Waals surface area contributed by atoms with Crippen LogP contribution < -0.4 is 14.4 Å². The summed E-state index contributed by atoms with van der Waals surface area (Å²) in [6.07, 6.45) is 3.41. The van der Waals surface area contributed by atoms with Crippen molar-refractivity contribution < 1.29 is 28.5 Å². The lowest BCUT2D eigenvalue weighted by Gasteiger charge is -2.30. The van der Waals surface area contributed by atoms with Crippen LogP contribution in [0.25, 0.3) is 0 Å². The number of nitrogens with zero attached hydrogens (tertiary/aromatic N) is 3. The first-order valence-corrected chi connectivity index (χ1v) is 18.8. The highest BCUT2D eigenvalue weighted by Gasteiger charge is 2.28. The predicted octanol–water partition coefficient (Wildman–Crippen LogP) is 11.2. The van der Waals surface area contributed by atoms with Crippen LogP contribution >= 0.6 is 0 Å². The second kappa shape index (κ2) is 19.7. The summed E-state index contributed by atoms with van der Waals surface area (Å²) in [4.78, 5) is 26.6. The molecule has 0 fully saturated rings. The highest BCUT2D eigenvalue weighted by molar-refractivity contribution is 5.91. The zero-order chi connectivity index (χ0) is 38.3. The molecule has 0 aliphatic carbocycles. The van der Waals surface area contributed by atoms with E-state index >= 15 is 0 Å². The molecule has 0 aliphatic heterocycles. The third kappa shape index (κ3) is 11.5. The van der Waals surface area contributed by atoms with Crippen molar-refractivity contribution in [1.29, 1.82) is 0 Å². The van der Waals surface area contributed by atoms with Crippen molar-refractivity contribution in [3.05, 3.63) is 114 Å². The van der Waals surface area contributed by atoms with Gasteiger partial charge in [-0.2, -0.15) is 10.2 Å². The topological polar surface area (TPSA) is 99.0 Å². The number of hydrogen-bond donors (Lipinski definition) is 0. The molecule has 0 radical (unpaired) electrons. The molecule has 4 aromatic rings. The van der Waals surface area contributed by atoms with E-state index in [4.69, 9.17) is 18.9 Å². The number of carbonyl (C=O) groups excluding carboxylic acids is 2. The molecule has 0 saturated heterocycles. The maximum absolute atomic E-state index is 13.0. The molecule has 0 spiro atoms. The van der Waals surface area contributed by atoms with E-state index in [-0.39, 0.29) is 5.97 Å². The van der Waals surface area contributed by atoms with Crippen molar-refractivity contribution >= 4 is 29.0 Å². The van der Waals surface area contributed by atoms with Gasteiger partial charge in [0.05, 0.1) is 29.1 Å². The lowest BCUT2D eigenvalue weighted by atomic mass is 9.92. The SMILES string of the molecule is CCC(=O)OCCCCOC(C)(CC)c1ccc(C(=O)Oc2ccc(OC(C)(CC)c3ccc(N=Nc4ccc(N(CC)CC)cc4)cc3)cc2)cc1. The average molecular weight is 722 g/mol. The second-order valence-electron chi connectivity index (χ2n) is 13.3. The lowest BCUT2D eigenvalue weighted by molar-refractivity contribution is -0.143. The van der Waals surface area contributed by atoms with Gasteiger partial charge in [0.25, 0.3) is 0 Å². The Morgan fingerprint density at radius 1 is 0.623 bits per heavy atom. The molecule has 0 aromatic heterocycles. The van der Waals surface area contributed by atoms with Crippen LogP contribution in [0.2, 0.25) is 0 Å². The fourth-order valence-corrected chi connectivity index (χ4v) is 5.79. The molecule has 2 atom stereocenters. The molecule has 4 rings (SSSR count). The van der Waals surface area contributed by atoms with Crippen LogP contribution in [0.1, 0.15) is 102 Å². The highest BCUT2D eigenvalue weighted by atomic mass is 16.5. The number of azo groups is 1. The first-order chi connectivity index (χ1) is 25.6. The van der Waals surface area contributed by atoms with Gasteiger partial charge in [0.15, 0.2) is 0 Å². The van der Waals surface area contributed by atoms with Gasteiger partial charge < -0.3 is 23.8 Å². The molecule has 4 aromatic carbocycles. The molecular formula is C44H55N3O6. The van der Waals surface area contributed by atoms with E-state index in [1.165, 1.54) is 5.69 Å². The van der Waals surface area contributed by atoms with Crippen molar-refractivity contribution in [2.75, 3.05) is 31.2 Å². The zero-order valence-corrected chi connectivity index (χ0v) is 32.4. The fraction of sp³-hybridized carbons (Fsp3) is 0.409. The molecule has 53 heavy (non-hydrogen) atoms. The zero-order valence-electron chi connectivity index (χ0n) is 32.4. The van der Waals surface area contributed by atoms with Gasteiger partial charge in [-0.25, -0.2) is 4.79 Å². The number of benzene rings is 4. The van der Waals surface area contributed by atoms with E-state index in [0.29, 0.717) is 36.7 Å². The fourth-order valence-electron chi connectivity index (χ4n) is 5.79. The Morgan fingerprint density at radius 2 is 1.13 bits per heavy atom. The Bertz CT molecular complexity index is 1750. The summed E-state index contributed by atoms with van der Waals surface area (Å²) in [6.45, 7) is 17.2. The van der Waals surface area contributed by atoms with Crippen molar-refractivity contribution in [3.63, 3.8) is 0 Å². The number of unbranched alkanes of at least 4 members (excludes halogenated alkanes) is 1. The van der Waals surface area contributed by atoms with Gasteiger partial charge in [0, 0.05) is 31.8 Å². The smallest absolute Gasteiger partial charge is 0.343 e. The van der Waals surface area contributed by atoms with Crippen LogP contribution in [0.3, 0.4) is 0 Å². The van der Waals surface area contributed by atoms with Crippen LogP contribution in [-0.4, -0.2) is 38.2 Å². The Morgan fingerprint density at radius 3 is 1.68 bits per heavy atom. The Kier molecular flexibility index (Phi) is 15.2. The summed E-state index contributed by atoms with van der Waals surface area (Å²) in [7, 11) is 0. The molecular weight excluding hydrogens is 666 g/mol. The molecule has 9 heteroatoms. The third-order valence-corrected chi connectivity index (χ3v) is 9.71. The summed E-state index contributed by atoms with van der Waals surface area (Å²) >= 11 is 0. The lowest BCUT2D eigenvalue weighted by Crippen LogP contribution is -2.28. The highest BCUT2D eigenvalue weighted by Crippen LogP contribution is 2.34. The maximum Gasteiger partial charge on any atom is 0.343 e. The average Bonchev–Trinajstić information content (AvgIpc) is 3.20. The first kappa shape index (κ1) is 40.7. The minimum atomic E-state index is -0.587. The summed E-state index contributed by atoms with van der Waals surface area (Å²) < 4.78 is 23.6. The molecule has 282 valence electrons. The summed E-state index contributed by atoms with van der Waals surface area (Å²) in [6, 6.07) is 30.5. The molecule has 0 heterocycles. The van der Waals surface area contributed by atoms with E-state index in [2.05, 4.69) is 61.9 Å². The van der Waals surface area contributed by atoms with Crippen molar-refractivity contribution in [3.8, 4) is 11.5 Å². The summed E-state index contributed by atoms with van der Waals surface area (Å²) in [5.41, 5.74) is 4.08. The van der Waals surface area contributed by atoms with E-state index in [9.17, 15) is 9.59 Å². The number of esters is 2. The van der Waals surface area contributed by atoms with Gasteiger partial charge in [-0.1, -0.05) is 45.0 Å². The van der Waals surface area contributed by atoms with E-state index < -0.39 is 17.2 Å². The van der Waals surface area contributed by atoms with Gasteiger partial charge in [-0.05, 0) is 137 Å². The van der Waals surface area contributed by atoms with Crippen molar-refractivity contribution in [2.45, 2.75) is 91.8 Å². The van der Waals surface area contributed by atoms with E-state index in [0.717, 1.165) is 61.3 Å². The molecule has 9 nitrogen and oxygen atoms in total. The molecule has 2 unspecified atom stereocenters. The van der Waals surface area contributed by atoms with Crippen LogP contribution in [0.5, 0.6) is 11.5 Å². The summed E-state index contributed by atoms with van der Waals surface area (Å²) in [5.74, 6) is 0.457. The van der Waals surface area contributed by atoms with Crippen LogP contribution in [0.15, 0.2) is 107 Å². The van der Waals surface area contributed by atoms with Crippen LogP contribution in [0, 0.1) is 0 Å². The van der Waals surface area contributed by atoms with Gasteiger partial charge in [-0.15, -0.1) is 0 Å².